The van der Waals surface area contributed by atoms with Crippen molar-refractivity contribution in [1.29, 1.82) is 0 Å². The Labute approximate surface area is 223 Å². The Hall–Kier alpha value is -2.60. The van der Waals surface area contributed by atoms with Crippen LogP contribution in [0.25, 0.3) is 11.1 Å². The minimum atomic E-state index is 0.393. The van der Waals surface area contributed by atoms with Crippen molar-refractivity contribution in [2.45, 2.75) is 0 Å². The maximum Gasteiger partial charge on any atom is 0.161 e. The van der Waals surface area contributed by atoms with Crippen LogP contribution in [0.15, 0.2) is 36.4 Å². The average Bonchev–Trinajstić information content (AvgIpc) is 2.95. The molecule has 4 rings (SSSR count). The molecule has 0 fully saturated rings. The van der Waals surface area contributed by atoms with E-state index in [-0.39, 0.29) is 0 Å². The summed E-state index contributed by atoms with van der Waals surface area (Å²) < 4.78 is 57.2. The molecule has 2 aromatic carbocycles. The van der Waals surface area contributed by atoms with Gasteiger partial charge in [-0.25, -0.2) is 0 Å². The van der Waals surface area contributed by atoms with Gasteiger partial charge >= 0.3 is 0 Å². The van der Waals surface area contributed by atoms with Crippen LogP contribution in [0.5, 0.6) is 23.0 Å². The monoisotopic (exact) mass is 534 g/mol. The fraction of sp³-hybridized carbons (Fsp3) is 0.571. The van der Waals surface area contributed by atoms with Crippen LogP contribution >= 0.6 is 0 Å². The van der Waals surface area contributed by atoms with E-state index in [1.54, 1.807) is 0 Å². The van der Waals surface area contributed by atoms with E-state index in [2.05, 4.69) is 0 Å². The zero-order valence-corrected chi connectivity index (χ0v) is 21.9. The smallest absolute Gasteiger partial charge is 0.161 e. The highest BCUT2D eigenvalue weighted by Crippen LogP contribution is 2.37. The standard InChI is InChI=1S/C28H38O10/c1-3-25-27(37-19-15-33-11-7-29-5-9-31-13-17-35-25)21-23(1)24-2-4-26-28(22-24)38-20-16-34-12-8-30-6-10-32-14-18-36-26/h1-4,21-22H,5-20H2. The van der Waals surface area contributed by atoms with Crippen LogP contribution in [-0.2, 0) is 28.4 Å². The Morgan fingerprint density at radius 1 is 0.289 bits per heavy atom. The number of hydrogen-bond donors (Lipinski definition) is 0. The van der Waals surface area contributed by atoms with Gasteiger partial charge in [-0.2, -0.15) is 0 Å². The summed E-state index contributed by atoms with van der Waals surface area (Å²) in [6, 6.07) is 11.7. The molecule has 210 valence electrons. The minimum Gasteiger partial charge on any atom is -0.487 e. The van der Waals surface area contributed by atoms with E-state index in [1.165, 1.54) is 0 Å². The van der Waals surface area contributed by atoms with Gasteiger partial charge in [0.05, 0.1) is 79.3 Å². The second-order valence-corrected chi connectivity index (χ2v) is 8.39. The first kappa shape index (κ1) is 28.4. The largest absolute Gasteiger partial charge is 0.487 e. The summed E-state index contributed by atoms with van der Waals surface area (Å²) >= 11 is 0. The van der Waals surface area contributed by atoms with E-state index < -0.39 is 0 Å². The fourth-order valence-corrected chi connectivity index (χ4v) is 3.77. The number of ether oxygens (including phenoxy) is 10. The van der Waals surface area contributed by atoms with Gasteiger partial charge in [0, 0.05) is 0 Å². The molecule has 0 saturated heterocycles. The highest BCUT2D eigenvalue weighted by Gasteiger charge is 2.13. The summed E-state index contributed by atoms with van der Waals surface area (Å²) in [5.74, 6) is 2.58. The minimum absolute atomic E-state index is 0.393. The predicted octanol–water partition coefficient (Wildman–Crippen LogP) is 3.00. The summed E-state index contributed by atoms with van der Waals surface area (Å²) in [5.41, 5.74) is 1.91. The Morgan fingerprint density at radius 3 is 0.868 bits per heavy atom. The van der Waals surface area contributed by atoms with Gasteiger partial charge in [0.25, 0.3) is 0 Å². The molecule has 2 heterocycles. The summed E-state index contributed by atoms with van der Waals surface area (Å²) in [5, 5.41) is 0. The zero-order chi connectivity index (χ0) is 26.1. The quantitative estimate of drug-likeness (QED) is 0.544. The van der Waals surface area contributed by atoms with E-state index in [0.717, 1.165) is 11.1 Å². The Morgan fingerprint density at radius 2 is 0.553 bits per heavy atom. The van der Waals surface area contributed by atoms with Crippen LogP contribution in [0.1, 0.15) is 0 Å². The van der Waals surface area contributed by atoms with E-state index in [0.29, 0.717) is 129 Å². The Bertz CT molecular complexity index is 862. The molecule has 0 aromatic heterocycles. The lowest BCUT2D eigenvalue weighted by atomic mass is 10.0. The lowest BCUT2D eigenvalue weighted by molar-refractivity contribution is 0.00708. The van der Waals surface area contributed by atoms with Gasteiger partial charge in [0.2, 0.25) is 0 Å². The number of benzene rings is 2. The molecule has 0 bridgehead atoms. The van der Waals surface area contributed by atoms with Crippen molar-refractivity contribution in [2.24, 2.45) is 0 Å². The molecular weight excluding hydrogens is 496 g/mol. The normalized spacial score (nSPS) is 19.7. The predicted molar refractivity (Wildman–Crippen MR) is 139 cm³/mol. The lowest BCUT2D eigenvalue weighted by Crippen LogP contribution is -2.13. The van der Waals surface area contributed by atoms with Crippen molar-refractivity contribution in [1.82, 2.24) is 0 Å². The second-order valence-electron chi connectivity index (χ2n) is 8.39. The molecule has 0 radical (unpaired) electrons. The summed E-state index contributed by atoms with van der Waals surface area (Å²) in [7, 11) is 0. The van der Waals surface area contributed by atoms with Crippen LogP contribution in [0, 0.1) is 0 Å². The van der Waals surface area contributed by atoms with Gasteiger partial charge < -0.3 is 47.4 Å². The molecule has 10 heteroatoms. The van der Waals surface area contributed by atoms with Crippen molar-refractivity contribution in [3.63, 3.8) is 0 Å². The fourth-order valence-electron chi connectivity index (χ4n) is 3.77. The van der Waals surface area contributed by atoms with Crippen molar-refractivity contribution in [3.8, 4) is 34.1 Å². The van der Waals surface area contributed by atoms with Crippen molar-refractivity contribution < 1.29 is 47.4 Å². The van der Waals surface area contributed by atoms with Crippen molar-refractivity contribution in [2.75, 3.05) is 106 Å². The third-order valence-electron chi connectivity index (χ3n) is 5.65. The van der Waals surface area contributed by atoms with Crippen LogP contribution in [0.4, 0.5) is 0 Å². The molecule has 10 nitrogen and oxygen atoms in total. The molecule has 0 atom stereocenters. The van der Waals surface area contributed by atoms with Gasteiger partial charge in [-0.1, -0.05) is 12.1 Å². The lowest BCUT2D eigenvalue weighted by Gasteiger charge is -2.16. The molecule has 0 unspecified atom stereocenters. The average molecular weight is 535 g/mol. The molecule has 2 aliphatic heterocycles. The maximum atomic E-state index is 6.04. The zero-order valence-electron chi connectivity index (χ0n) is 21.9. The molecule has 0 aliphatic carbocycles. The topological polar surface area (TPSA) is 92.3 Å². The number of fused-ring (bicyclic) bond motifs is 2. The van der Waals surface area contributed by atoms with Crippen molar-refractivity contribution >= 4 is 0 Å². The van der Waals surface area contributed by atoms with E-state index in [1.807, 2.05) is 36.4 Å². The summed E-state index contributed by atoms with van der Waals surface area (Å²) in [4.78, 5) is 0. The molecule has 0 spiro atoms. The maximum absolute atomic E-state index is 6.04. The van der Waals surface area contributed by atoms with Gasteiger partial charge in [-0.05, 0) is 35.4 Å². The first-order valence-electron chi connectivity index (χ1n) is 13.2. The first-order chi connectivity index (χ1) is 18.9. The van der Waals surface area contributed by atoms with Crippen LogP contribution in [0.2, 0.25) is 0 Å². The van der Waals surface area contributed by atoms with E-state index in [9.17, 15) is 0 Å². The third kappa shape index (κ3) is 9.94. The Balaban J connectivity index is 1.48. The molecule has 0 N–H and O–H groups in total. The molecule has 0 amide bonds. The third-order valence-corrected chi connectivity index (χ3v) is 5.65. The molecule has 0 saturated carbocycles. The number of hydrogen-bond acceptors (Lipinski definition) is 10. The van der Waals surface area contributed by atoms with Crippen LogP contribution in [0.3, 0.4) is 0 Å². The second kappa shape index (κ2) is 17.1. The van der Waals surface area contributed by atoms with Gasteiger partial charge in [0.1, 0.15) is 26.4 Å². The van der Waals surface area contributed by atoms with Crippen LogP contribution < -0.4 is 18.9 Å². The molecule has 2 aliphatic rings. The highest BCUT2D eigenvalue weighted by atomic mass is 16.6. The Kier molecular flexibility index (Phi) is 12.8. The summed E-state index contributed by atoms with van der Waals surface area (Å²) in [6.45, 7) is 7.60. The molecule has 38 heavy (non-hydrogen) atoms. The van der Waals surface area contributed by atoms with E-state index in [4.69, 9.17) is 47.4 Å². The van der Waals surface area contributed by atoms with Crippen LogP contribution in [-0.4, -0.2) is 106 Å². The van der Waals surface area contributed by atoms with Crippen molar-refractivity contribution in [3.05, 3.63) is 36.4 Å². The SMILES string of the molecule is c1cc2c(cc1-c1ccc3c(c1)OCCOCCOCCOCCO3)OCCOCCOCCOCCO2. The first-order valence-corrected chi connectivity index (χ1v) is 13.2. The molecular formula is C28H38O10. The van der Waals surface area contributed by atoms with Gasteiger partial charge in [-0.15, -0.1) is 0 Å². The number of rotatable bonds is 1. The molecule has 2 aromatic rings. The summed E-state index contributed by atoms with van der Waals surface area (Å²) in [6.07, 6.45) is 0. The highest BCUT2D eigenvalue weighted by molar-refractivity contribution is 5.70. The van der Waals surface area contributed by atoms with E-state index >= 15 is 0 Å². The van der Waals surface area contributed by atoms with Gasteiger partial charge in [0.15, 0.2) is 23.0 Å². The van der Waals surface area contributed by atoms with Gasteiger partial charge in [-0.3, -0.25) is 0 Å².